The van der Waals surface area contributed by atoms with Crippen LogP contribution >= 0.6 is 0 Å². The lowest BCUT2D eigenvalue weighted by atomic mass is 9.78. The van der Waals surface area contributed by atoms with Crippen LogP contribution in [0.5, 0.6) is 0 Å². The molecular weight excluding hydrogens is 656 g/mol. The Hall–Kier alpha value is -0.890. The molecule has 294 valence electrons. The van der Waals surface area contributed by atoms with Crippen molar-refractivity contribution in [1.82, 2.24) is 0 Å². The molecule has 0 amide bonds. The monoisotopic (exact) mass is 724 g/mol. The molecule has 0 radical (unpaired) electrons. The van der Waals surface area contributed by atoms with E-state index in [1.807, 2.05) is 6.92 Å². The quantitative estimate of drug-likeness (QED) is 0.269. The summed E-state index contributed by atoms with van der Waals surface area (Å²) in [6, 6.07) is 0. The van der Waals surface area contributed by atoms with Crippen LogP contribution in [0.1, 0.15) is 120 Å². The number of aliphatic hydroxyl groups excluding tert-OH is 1. The third-order valence-corrected chi connectivity index (χ3v) is 14.4. The number of hydrogen-bond acceptors (Lipinski definition) is 10. The maximum Gasteiger partial charge on any atom is 0.308 e. The average molecular weight is 725 g/mol. The number of aliphatic hydroxyl groups is 2. The average Bonchev–Trinajstić information content (AvgIpc) is 3.75. The van der Waals surface area contributed by atoms with E-state index >= 15 is 0 Å². The normalized spacial score (nSPS) is 54.2. The number of carboxylic acid groups (broad SMARTS) is 1. The van der Waals surface area contributed by atoms with Gasteiger partial charge in [0.2, 0.25) is 0 Å². The number of ether oxygens (including phenoxy) is 7. The van der Waals surface area contributed by atoms with Gasteiger partial charge in [0.1, 0.15) is 0 Å². The SMILES string of the molecule is CO[C@@H]1C[C@H](C[C@@H]2CC[C@H](C)[C@H]([C@H](C)C(=O)O)O2)O[C@]2(O[C@](C)([C@@H]3CC[C@](C)([C@@H]4O[C@H]([C@@H]5O[C@](O)(CO)[C@H](C)C[C@@H]5C)C[C@@H]4C)O3)C[C@@H]2C)[C@H]1C. The molecule has 1 spiro atoms. The molecule has 0 aromatic carbocycles. The number of methoxy groups -OCH3 is 1. The van der Waals surface area contributed by atoms with E-state index in [9.17, 15) is 20.1 Å². The highest BCUT2D eigenvalue weighted by Gasteiger charge is 2.65. The van der Waals surface area contributed by atoms with Gasteiger partial charge in [0, 0.05) is 37.7 Å². The molecule has 3 N–H and O–H groups in total. The molecule has 11 heteroatoms. The van der Waals surface area contributed by atoms with Crippen molar-refractivity contribution in [2.45, 2.75) is 192 Å². The Balaban J connectivity index is 1.13. The van der Waals surface area contributed by atoms with Crippen molar-refractivity contribution >= 4 is 5.97 Å². The second-order valence-corrected chi connectivity index (χ2v) is 18.4. The van der Waals surface area contributed by atoms with Crippen molar-refractivity contribution < 1.29 is 53.3 Å². The molecule has 6 heterocycles. The molecule has 0 aromatic heterocycles. The molecule has 6 aliphatic rings. The molecule has 6 aliphatic heterocycles. The Labute approximate surface area is 305 Å². The fraction of sp³-hybridized carbons (Fsp3) is 0.975. The van der Waals surface area contributed by atoms with E-state index in [0.29, 0.717) is 6.42 Å². The molecular formula is C40H68O11. The standard InChI is InChI=1S/C40H68O11/c1-21-11-12-28(46-33(21)26(6)36(42)43)17-29-18-30(45-10)27(7)40(48-29)25(5)19-38(9,51-40)32-13-14-37(8,49-32)35-23(3)16-31(47-35)34-22(2)15-24(4)39(44,20-41)50-34/h21-35,41,44H,11-20H2,1-10H3,(H,42,43)/t21-,22-,23-,24+,25-,26-,27-,28-,29-,30+,31-,32-,33+,34+,35+,37+,38-,39+,40+/m0/s1. The molecule has 51 heavy (non-hydrogen) atoms. The molecule has 6 saturated heterocycles. The maximum absolute atomic E-state index is 11.8. The van der Waals surface area contributed by atoms with Crippen LogP contribution in [-0.2, 0) is 38.0 Å². The molecule has 6 rings (SSSR count). The number of carbonyl (C=O) groups is 1. The lowest BCUT2D eigenvalue weighted by Gasteiger charge is -2.50. The topological polar surface area (TPSA) is 142 Å². The summed E-state index contributed by atoms with van der Waals surface area (Å²) in [6.45, 7) is 18.4. The number of rotatable bonds is 9. The highest BCUT2D eigenvalue weighted by Crippen LogP contribution is 2.57. The summed E-state index contributed by atoms with van der Waals surface area (Å²) in [5.74, 6) is -3.26. The third kappa shape index (κ3) is 7.19. The first-order valence-corrected chi connectivity index (χ1v) is 20.0. The van der Waals surface area contributed by atoms with Gasteiger partial charge in [0.15, 0.2) is 11.6 Å². The zero-order valence-electron chi connectivity index (χ0n) is 32.8. The van der Waals surface area contributed by atoms with Gasteiger partial charge in [-0.2, -0.15) is 0 Å². The van der Waals surface area contributed by atoms with E-state index in [-0.39, 0.29) is 84.3 Å². The summed E-state index contributed by atoms with van der Waals surface area (Å²) in [5.41, 5.74) is -1.10. The highest BCUT2D eigenvalue weighted by molar-refractivity contribution is 5.70. The minimum absolute atomic E-state index is 0.00727. The fourth-order valence-corrected chi connectivity index (χ4v) is 11.3. The predicted molar refractivity (Wildman–Crippen MR) is 189 cm³/mol. The van der Waals surface area contributed by atoms with Crippen LogP contribution in [0.3, 0.4) is 0 Å². The number of hydrogen-bond donors (Lipinski definition) is 3. The van der Waals surface area contributed by atoms with Crippen LogP contribution in [0, 0.1) is 41.4 Å². The van der Waals surface area contributed by atoms with Gasteiger partial charge in [0.05, 0.1) is 72.6 Å². The van der Waals surface area contributed by atoms with Gasteiger partial charge in [-0.15, -0.1) is 0 Å². The Morgan fingerprint density at radius 3 is 2.25 bits per heavy atom. The van der Waals surface area contributed by atoms with Gasteiger partial charge in [-0.1, -0.05) is 41.5 Å². The Bertz CT molecular complexity index is 1230. The fourth-order valence-electron chi connectivity index (χ4n) is 11.3. The van der Waals surface area contributed by atoms with Gasteiger partial charge >= 0.3 is 5.97 Å². The molecule has 11 nitrogen and oxygen atoms in total. The highest BCUT2D eigenvalue weighted by atomic mass is 16.7. The van der Waals surface area contributed by atoms with Crippen LogP contribution in [0.25, 0.3) is 0 Å². The maximum atomic E-state index is 11.8. The van der Waals surface area contributed by atoms with E-state index in [0.717, 1.165) is 51.4 Å². The molecule has 0 unspecified atom stereocenters. The zero-order chi connectivity index (χ0) is 37.3. The molecule has 19 atom stereocenters. The minimum Gasteiger partial charge on any atom is -0.481 e. The molecule has 0 bridgehead atoms. The summed E-state index contributed by atoms with van der Waals surface area (Å²) in [6.07, 6.45) is 5.85. The van der Waals surface area contributed by atoms with Crippen molar-refractivity contribution in [1.29, 1.82) is 0 Å². The largest absolute Gasteiger partial charge is 0.481 e. The van der Waals surface area contributed by atoms with E-state index in [2.05, 4.69) is 48.5 Å². The van der Waals surface area contributed by atoms with Crippen LogP contribution in [0.2, 0.25) is 0 Å². The van der Waals surface area contributed by atoms with Crippen molar-refractivity contribution in [3.05, 3.63) is 0 Å². The predicted octanol–water partition coefficient (Wildman–Crippen LogP) is 5.71. The minimum atomic E-state index is -1.55. The van der Waals surface area contributed by atoms with Gasteiger partial charge < -0.3 is 48.5 Å². The van der Waals surface area contributed by atoms with Gasteiger partial charge in [-0.25, -0.2) is 0 Å². The zero-order valence-corrected chi connectivity index (χ0v) is 32.8. The van der Waals surface area contributed by atoms with Crippen LogP contribution < -0.4 is 0 Å². The lowest BCUT2D eigenvalue weighted by molar-refractivity contribution is -0.353. The van der Waals surface area contributed by atoms with Crippen molar-refractivity contribution in [2.24, 2.45) is 41.4 Å². The molecule has 0 saturated carbocycles. The van der Waals surface area contributed by atoms with Crippen LogP contribution in [0.15, 0.2) is 0 Å². The van der Waals surface area contributed by atoms with Crippen molar-refractivity contribution in [3.63, 3.8) is 0 Å². The van der Waals surface area contributed by atoms with Gasteiger partial charge in [-0.3, -0.25) is 4.79 Å². The first-order valence-electron chi connectivity index (χ1n) is 20.0. The molecule has 6 fully saturated rings. The van der Waals surface area contributed by atoms with Crippen molar-refractivity contribution in [3.8, 4) is 0 Å². The van der Waals surface area contributed by atoms with Gasteiger partial charge in [-0.05, 0) is 83.5 Å². The van der Waals surface area contributed by atoms with Crippen LogP contribution in [-0.4, -0.2) is 107 Å². The first-order chi connectivity index (χ1) is 23.9. The summed E-state index contributed by atoms with van der Waals surface area (Å²) in [5, 5.41) is 30.7. The summed E-state index contributed by atoms with van der Waals surface area (Å²) >= 11 is 0. The van der Waals surface area contributed by atoms with E-state index in [1.165, 1.54) is 0 Å². The summed E-state index contributed by atoms with van der Waals surface area (Å²) < 4.78 is 47.0. The van der Waals surface area contributed by atoms with Crippen LogP contribution in [0.4, 0.5) is 0 Å². The second kappa shape index (κ2) is 14.6. The molecule has 0 aliphatic carbocycles. The molecule has 0 aromatic rings. The summed E-state index contributed by atoms with van der Waals surface area (Å²) in [7, 11) is 1.77. The van der Waals surface area contributed by atoms with E-state index < -0.39 is 41.3 Å². The second-order valence-electron chi connectivity index (χ2n) is 18.4. The Morgan fingerprint density at radius 2 is 1.59 bits per heavy atom. The first kappa shape index (κ1) is 39.8. The summed E-state index contributed by atoms with van der Waals surface area (Å²) in [4.78, 5) is 11.8. The van der Waals surface area contributed by atoms with E-state index in [4.69, 9.17) is 33.2 Å². The third-order valence-electron chi connectivity index (χ3n) is 14.4. The van der Waals surface area contributed by atoms with Gasteiger partial charge in [0.25, 0.3) is 0 Å². The number of aliphatic carboxylic acids is 1. The lowest BCUT2D eigenvalue weighted by Crippen LogP contribution is -2.58. The van der Waals surface area contributed by atoms with E-state index in [1.54, 1.807) is 14.0 Å². The Morgan fingerprint density at radius 1 is 0.863 bits per heavy atom. The Kier molecular flexibility index (Phi) is 11.4. The smallest absolute Gasteiger partial charge is 0.308 e. The number of carboxylic acids is 1. The van der Waals surface area contributed by atoms with Crippen molar-refractivity contribution in [2.75, 3.05) is 13.7 Å².